The lowest BCUT2D eigenvalue weighted by molar-refractivity contribution is 0.0702. The van der Waals surface area contributed by atoms with Crippen LogP contribution >= 0.6 is 0 Å². The third-order valence-electron chi connectivity index (χ3n) is 4.41. The number of carbonyl (C=O) groups excluding carboxylic acids is 1. The molecule has 1 aliphatic heterocycles. The molecule has 1 saturated heterocycles. The Morgan fingerprint density at radius 2 is 2.12 bits per heavy atom. The molecule has 0 radical (unpaired) electrons. The lowest BCUT2D eigenvalue weighted by Crippen LogP contribution is -2.41. The maximum absolute atomic E-state index is 12.7. The van der Waals surface area contributed by atoms with Gasteiger partial charge in [-0.3, -0.25) is 4.79 Å². The van der Waals surface area contributed by atoms with Crippen molar-refractivity contribution in [1.82, 2.24) is 19.9 Å². The summed E-state index contributed by atoms with van der Waals surface area (Å²) in [7, 11) is -3.04. The first-order chi connectivity index (χ1) is 12.5. The van der Waals surface area contributed by atoms with Gasteiger partial charge in [0.2, 0.25) is 0 Å². The molecule has 7 nitrogen and oxygen atoms in total. The third-order valence-corrected chi connectivity index (χ3v) is 6.16. The zero-order valence-electron chi connectivity index (χ0n) is 14.7. The molecule has 0 aliphatic carbocycles. The summed E-state index contributed by atoms with van der Waals surface area (Å²) in [4.78, 5) is 14.3. The number of allylic oxidation sites excluding steroid dienone is 1. The van der Waals surface area contributed by atoms with Gasteiger partial charge in [-0.05, 0) is 18.9 Å². The largest absolute Gasteiger partial charge is 0.333 e. The summed E-state index contributed by atoms with van der Waals surface area (Å²) in [6.07, 6.45) is 6.00. The second-order valence-electron chi connectivity index (χ2n) is 6.29. The van der Waals surface area contributed by atoms with E-state index in [9.17, 15) is 13.2 Å². The molecule has 1 aromatic carbocycles. The number of hydrogen-bond donors (Lipinski definition) is 0. The van der Waals surface area contributed by atoms with Gasteiger partial charge in [0.05, 0.1) is 24.2 Å². The van der Waals surface area contributed by atoms with E-state index in [1.807, 2.05) is 49.4 Å². The van der Waals surface area contributed by atoms with E-state index in [4.69, 9.17) is 0 Å². The second kappa shape index (κ2) is 7.82. The van der Waals surface area contributed by atoms with Crippen LogP contribution in [0.2, 0.25) is 0 Å². The summed E-state index contributed by atoms with van der Waals surface area (Å²) >= 11 is 0. The van der Waals surface area contributed by atoms with Gasteiger partial charge in [0.15, 0.2) is 15.5 Å². The molecule has 2 aromatic rings. The molecule has 8 heteroatoms. The Labute approximate surface area is 153 Å². The Kier molecular flexibility index (Phi) is 5.51. The fraction of sp³-hybridized carbons (Fsp3) is 0.389. The first-order valence-corrected chi connectivity index (χ1v) is 10.4. The highest BCUT2D eigenvalue weighted by molar-refractivity contribution is 7.91. The number of rotatable bonds is 6. The summed E-state index contributed by atoms with van der Waals surface area (Å²) in [5.41, 5.74) is 1.33. The molecule has 26 heavy (non-hydrogen) atoms. The topological polar surface area (TPSA) is 85.2 Å². The highest BCUT2D eigenvalue weighted by atomic mass is 32.2. The van der Waals surface area contributed by atoms with Crippen molar-refractivity contribution >= 4 is 21.8 Å². The van der Waals surface area contributed by atoms with E-state index in [0.717, 1.165) is 5.56 Å². The number of benzene rings is 1. The molecule has 0 N–H and O–H groups in total. The van der Waals surface area contributed by atoms with Crippen molar-refractivity contribution in [1.29, 1.82) is 0 Å². The summed E-state index contributed by atoms with van der Waals surface area (Å²) in [6.45, 7) is 2.79. The van der Waals surface area contributed by atoms with Crippen molar-refractivity contribution in [3.63, 3.8) is 0 Å². The van der Waals surface area contributed by atoms with Crippen molar-refractivity contribution in [2.45, 2.75) is 25.9 Å². The van der Waals surface area contributed by atoms with Crippen LogP contribution in [0.15, 0.2) is 42.6 Å². The lowest BCUT2D eigenvalue weighted by atomic mass is 10.2. The van der Waals surface area contributed by atoms with Gasteiger partial charge in [-0.25, -0.2) is 13.1 Å². The second-order valence-corrected chi connectivity index (χ2v) is 8.52. The fourth-order valence-corrected chi connectivity index (χ4v) is 4.81. The Balaban J connectivity index is 1.64. The number of aromatic nitrogens is 3. The minimum Gasteiger partial charge on any atom is -0.333 e. The van der Waals surface area contributed by atoms with Crippen molar-refractivity contribution in [2.75, 3.05) is 18.1 Å². The van der Waals surface area contributed by atoms with Gasteiger partial charge in [-0.1, -0.05) is 47.7 Å². The predicted octanol–water partition coefficient (Wildman–Crippen LogP) is 1.64. The highest BCUT2D eigenvalue weighted by Gasteiger charge is 2.34. The molecule has 1 fully saturated rings. The highest BCUT2D eigenvalue weighted by Crippen LogP contribution is 2.19. The number of carbonyl (C=O) groups is 1. The molecule has 0 unspecified atom stereocenters. The number of nitrogens with zero attached hydrogens (tertiary/aromatic N) is 4. The monoisotopic (exact) mass is 374 g/mol. The molecule has 1 aromatic heterocycles. The standard InChI is InChI=1S/C18H22N4O3S/c1-2-22(16-10-12-26(24,25)14-16)18(23)17-13-21(20-19-17)11-6-9-15-7-4-3-5-8-15/h3-9,13,16H,2,10-12,14H2,1H3/b9-6+/t16-/m1/s1. The van der Waals surface area contributed by atoms with E-state index < -0.39 is 9.84 Å². The zero-order chi connectivity index (χ0) is 18.6. The van der Waals surface area contributed by atoms with Crippen LogP contribution in [0.1, 0.15) is 29.4 Å². The van der Waals surface area contributed by atoms with Gasteiger partial charge in [-0.15, -0.1) is 5.10 Å². The Morgan fingerprint density at radius 1 is 1.35 bits per heavy atom. The molecule has 0 bridgehead atoms. The average molecular weight is 374 g/mol. The SMILES string of the molecule is CCN(C(=O)c1cn(C/C=C/c2ccccc2)nn1)[C@@H]1CCS(=O)(=O)C1. The molecule has 0 spiro atoms. The van der Waals surface area contributed by atoms with E-state index in [1.54, 1.807) is 15.8 Å². The van der Waals surface area contributed by atoms with Crippen molar-refractivity contribution in [2.24, 2.45) is 0 Å². The Bertz CT molecular complexity index is 890. The summed E-state index contributed by atoms with van der Waals surface area (Å²) in [5.74, 6) is -0.105. The first kappa shape index (κ1) is 18.3. The van der Waals surface area contributed by atoms with Crippen LogP contribution in [0.4, 0.5) is 0 Å². The van der Waals surface area contributed by atoms with E-state index in [0.29, 0.717) is 19.5 Å². The molecule has 1 amide bonds. The molecule has 2 heterocycles. The van der Waals surface area contributed by atoms with Crippen LogP contribution in [0, 0.1) is 0 Å². The molecule has 1 atom stereocenters. The van der Waals surface area contributed by atoms with E-state index in [1.165, 1.54) is 0 Å². The fourth-order valence-electron chi connectivity index (χ4n) is 3.08. The quantitative estimate of drug-likeness (QED) is 0.767. The molecule has 3 rings (SSSR count). The Hall–Kier alpha value is -2.48. The summed E-state index contributed by atoms with van der Waals surface area (Å²) in [6, 6.07) is 9.62. The first-order valence-electron chi connectivity index (χ1n) is 8.61. The molecule has 0 saturated carbocycles. The van der Waals surface area contributed by atoms with Gasteiger partial charge in [-0.2, -0.15) is 0 Å². The van der Waals surface area contributed by atoms with Crippen molar-refractivity contribution in [3.05, 3.63) is 53.9 Å². The van der Waals surface area contributed by atoms with E-state index in [-0.39, 0.29) is 29.1 Å². The number of hydrogen-bond acceptors (Lipinski definition) is 5. The molecule has 1 aliphatic rings. The average Bonchev–Trinajstić information content (AvgIpc) is 3.23. The smallest absolute Gasteiger partial charge is 0.276 e. The van der Waals surface area contributed by atoms with E-state index >= 15 is 0 Å². The molecular formula is C18H22N4O3S. The molecule has 138 valence electrons. The minimum atomic E-state index is -3.04. The normalized spacial score (nSPS) is 19.0. The molecular weight excluding hydrogens is 352 g/mol. The van der Waals surface area contributed by atoms with Crippen molar-refractivity contribution < 1.29 is 13.2 Å². The maximum Gasteiger partial charge on any atom is 0.276 e. The Morgan fingerprint density at radius 3 is 2.77 bits per heavy atom. The van der Waals surface area contributed by atoms with Gasteiger partial charge in [0.25, 0.3) is 5.91 Å². The minimum absolute atomic E-state index is 0.0283. The number of sulfone groups is 1. The van der Waals surface area contributed by atoms with Crippen LogP contribution in [0.25, 0.3) is 6.08 Å². The van der Waals surface area contributed by atoms with Gasteiger partial charge < -0.3 is 4.90 Å². The van der Waals surface area contributed by atoms with Crippen LogP contribution in [-0.2, 0) is 16.4 Å². The van der Waals surface area contributed by atoms with E-state index in [2.05, 4.69) is 10.3 Å². The summed E-state index contributed by atoms with van der Waals surface area (Å²) in [5, 5.41) is 7.95. The maximum atomic E-state index is 12.7. The van der Waals surface area contributed by atoms with Crippen LogP contribution in [0.5, 0.6) is 0 Å². The third kappa shape index (κ3) is 4.37. The van der Waals surface area contributed by atoms with Crippen LogP contribution < -0.4 is 0 Å². The predicted molar refractivity (Wildman–Crippen MR) is 99.3 cm³/mol. The lowest BCUT2D eigenvalue weighted by Gasteiger charge is -2.25. The number of amides is 1. The van der Waals surface area contributed by atoms with Crippen LogP contribution in [-0.4, -0.2) is 58.3 Å². The van der Waals surface area contributed by atoms with Gasteiger partial charge in [0, 0.05) is 12.6 Å². The van der Waals surface area contributed by atoms with Gasteiger partial charge in [0.1, 0.15) is 0 Å². The summed E-state index contributed by atoms with van der Waals surface area (Å²) < 4.78 is 25.0. The van der Waals surface area contributed by atoms with Crippen LogP contribution in [0.3, 0.4) is 0 Å². The van der Waals surface area contributed by atoms with Crippen molar-refractivity contribution in [3.8, 4) is 0 Å². The van der Waals surface area contributed by atoms with Gasteiger partial charge >= 0.3 is 0 Å². The zero-order valence-corrected chi connectivity index (χ0v) is 15.5.